The van der Waals surface area contributed by atoms with Gasteiger partial charge in [0.25, 0.3) is 0 Å². The molecule has 5 heteroatoms. The van der Waals surface area contributed by atoms with Crippen molar-refractivity contribution in [2.24, 2.45) is 0 Å². The third-order valence-electron chi connectivity index (χ3n) is 3.25. The van der Waals surface area contributed by atoms with Crippen molar-refractivity contribution in [3.63, 3.8) is 0 Å². The van der Waals surface area contributed by atoms with Crippen molar-refractivity contribution in [3.8, 4) is 22.9 Å². The summed E-state index contributed by atoms with van der Waals surface area (Å²) in [6, 6.07) is 5.15. The summed E-state index contributed by atoms with van der Waals surface area (Å²) in [6.45, 7) is 9.17. The second kappa shape index (κ2) is 6.43. The van der Waals surface area contributed by atoms with E-state index < -0.39 is 0 Å². The third kappa shape index (κ3) is 3.24. The van der Waals surface area contributed by atoms with Crippen molar-refractivity contribution in [2.45, 2.75) is 27.7 Å². The number of ether oxygens (including phenoxy) is 1. The Hall–Kier alpha value is -2.30. The number of phenols is 1. The monoisotopic (exact) mass is 287 g/mol. The van der Waals surface area contributed by atoms with Crippen LogP contribution in [0.1, 0.15) is 25.1 Å². The molecule has 2 N–H and O–H groups in total. The first-order chi connectivity index (χ1) is 10.1. The van der Waals surface area contributed by atoms with Crippen LogP contribution in [0.3, 0.4) is 0 Å². The Kier molecular flexibility index (Phi) is 4.62. The lowest BCUT2D eigenvalue weighted by Gasteiger charge is -2.12. The van der Waals surface area contributed by atoms with Crippen LogP contribution in [0.25, 0.3) is 11.4 Å². The highest BCUT2D eigenvalue weighted by atomic mass is 16.5. The summed E-state index contributed by atoms with van der Waals surface area (Å²) in [6.07, 6.45) is 0. The van der Waals surface area contributed by atoms with Crippen LogP contribution < -0.4 is 10.1 Å². The molecule has 1 aromatic carbocycles. The summed E-state index contributed by atoms with van der Waals surface area (Å²) < 4.78 is 5.41. The molecule has 0 atom stereocenters. The van der Waals surface area contributed by atoms with Crippen LogP contribution >= 0.6 is 0 Å². The van der Waals surface area contributed by atoms with Crippen molar-refractivity contribution >= 4 is 5.82 Å². The van der Waals surface area contributed by atoms with Gasteiger partial charge in [-0.2, -0.15) is 0 Å². The number of nitrogens with zero attached hydrogens (tertiary/aromatic N) is 2. The maximum atomic E-state index is 9.77. The van der Waals surface area contributed by atoms with Crippen LogP contribution in [0.4, 0.5) is 5.82 Å². The first-order valence-electron chi connectivity index (χ1n) is 7.12. The number of aromatic nitrogens is 2. The minimum Gasteiger partial charge on any atom is -0.504 e. The quantitative estimate of drug-likeness (QED) is 0.883. The molecule has 0 bridgehead atoms. The molecule has 0 aliphatic heterocycles. The van der Waals surface area contributed by atoms with Crippen LogP contribution in [-0.2, 0) is 0 Å². The van der Waals surface area contributed by atoms with Gasteiger partial charge in [-0.3, -0.25) is 0 Å². The molecule has 0 unspecified atom stereocenters. The normalized spacial score (nSPS) is 10.5. The number of aryl methyl sites for hydroxylation is 1. The highest BCUT2D eigenvalue weighted by Gasteiger charge is 2.11. The molecule has 1 heterocycles. The zero-order valence-electron chi connectivity index (χ0n) is 12.9. The SMILES string of the molecule is CCNc1nc(-c2ccc(O)c(OCC)c2)nc(C)c1C. The molecule has 2 aromatic rings. The van der Waals surface area contributed by atoms with E-state index in [9.17, 15) is 5.11 Å². The molecular weight excluding hydrogens is 266 g/mol. The predicted molar refractivity (Wildman–Crippen MR) is 83.9 cm³/mol. The Morgan fingerprint density at radius 3 is 2.62 bits per heavy atom. The van der Waals surface area contributed by atoms with Gasteiger partial charge in [-0.15, -0.1) is 0 Å². The fraction of sp³-hybridized carbons (Fsp3) is 0.375. The molecule has 2 rings (SSSR count). The van der Waals surface area contributed by atoms with Gasteiger partial charge < -0.3 is 15.2 Å². The molecule has 0 aliphatic rings. The van der Waals surface area contributed by atoms with Gasteiger partial charge in [0.1, 0.15) is 5.82 Å². The largest absolute Gasteiger partial charge is 0.504 e. The maximum Gasteiger partial charge on any atom is 0.161 e. The summed E-state index contributed by atoms with van der Waals surface area (Å²) in [5.41, 5.74) is 2.80. The lowest BCUT2D eigenvalue weighted by molar-refractivity contribution is 0.318. The summed E-state index contributed by atoms with van der Waals surface area (Å²) >= 11 is 0. The lowest BCUT2D eigenvalue weighted by Crippen LogP contribution is -2.06. The first-order valence-corrected chi connectivity index (χ1v) is 7.12. The average molecular weight is 287 g/mol. The molecule has 0 aliphatic carbocycles. The molecule has 0 fully saturated rings. The van der Waals surface area contributed by atoms with E-state index in [4.69, 9.17) is 4.74 Å². The van der Waals surface area contributed by atoms with Crippen molar-refractivity contribution in [2.75, 3.05) is 18.5 Å². The third-order valence-corrected chi connectivity index (χ3v) is 3.25. The van der Waals surface area contributed by atoms with Gasteiger partial charge in [0, 0.05) is 23.4 Å². The highest BCUT2D eigenvalue weighted by Crippen LogP contribution is 2.31. The number of rotatable bonds is 5. The second-order valence-electron chi connectivity index (χ2n) is 4.75. The Bertz CT molecular complexity index is 642. The van der Waals surface area contributed by atoms with Gasteiger partial charge in [-0.25, -0.2) is 9.97 Å². The minimum absolute atomic E-state index is 0.122. The number of nitrogens with one attached hydrogen (secondary N) is 1. The second-order valence-corrected chi connectivity index (χ2v) is 4.75. The van der Waals surface area contributed by atoms with Crippen LogP contribution in [0.15, 0.2) is 18.2 Å². The first kappa shape index (κ1) is 15.1. The number of benzene rings is 1. The van der Waals surface area contributed by atoms with Crippen molar-refractivity contribution in [1.29, 1.82) is 0 Å². The van der Waals surface area contributed by atoms with E-state index in [1.54, 1.807) is 18.2 Å². The van der Waals surface area contributed by atoms with Gasteiger partial charge in [0.2, 0.25) is 0 Å². The van der Waals surface area contributed by atoms with Gasteiger partial charge in [0.15, 0.2) is 17.3 Å². The van der Waals surface area contributed by atoms with Crippen LogP contribution in [0, 0.1) is 13.8 Å². The van der Waals surface area contributed by atoms with Crippen LogP contribution in [-0.4, -0.2) is 28.2 Å². The fourth-order valence-electron chi connectivity index (χ4n) is 2.02. The van der Waals surface area contributed by atoms with Crippen LogP contribution in [0.2, 0.25) is 0 Å². The zero-order valence-corrected chi connectivity index (χ0v) is 12.9. The number of phenolic OH excluding ortho intramolecular Hbond substituents is 1. The number of anilines is 1. The van der Waals surface area contributed by atoms with Gasteiger partial charge in [-0.05, 0) is 45.9 Å². The van der Waals surface area contributed by atoms with Gasteiger partial charge in [-0.1, -0.05) is 0 Å². The molecular formula is C16H21N3O2. The summed E-state index contributed by atoms with van der Waals surface area (Å²) in [5.74, 6) is 2.03. The fourth-order valence-corrected chi connectivity index (χ4v) is 2.02. The average Bonchev–Trinajstić information content (AvgIpc) is 2.46. The highest BCUT2D eigenvalue weighted by molar-refractivity contribution is 5.63. The van der Waals surface area contributed by atoms with E-state index in [1.807, 2.05) is 27.7 Å². The lowest BCUT2D eigenvalue weighted by atomic mass is 10.1. The molecule has 21 heavy (non-hydrogen) atoms. The molecule has 5 nitrogen and oxygen atoms in total. The van der Waals surface area contributed by atoms with E-state index in [-0.39, 0.29) is 5.75 Å². The molecule has 112 valence electrons. The Morgan fingerprint density at radius 2 is 1.95 bits per heavy atom. The molecule has 0 amide bonds. The van der Waals surface area contributed by atoms with Gasteiger partial charge >= 0.3 is 0 Å². The smallest absolute Gasteiger partial charge is 0.161 e. The van der Waals surface area contributed by atoms with E-state index in [0.29, 0.717) is 18.2 Å². The van der Waals surface area contributed by atoms with Crippen molar-refractivity contribution in [1.82, 2.24) is 9.97 Å². The van der Waals surface area contributed by atoms with Crippen LogP contribution in [0.5, 0.6) is 11.5 Å². The van der Waals surface area contributed by atoms with E-state index in [0.717, 1.165) is 29.2 Å². The Balaban J connectivity index is 2.48. The number of hydrogen-bond acceptors (Lipinski definition) is 5. The van der Waals surface area contributed by atoms with Crippen molar-refractivity contribution in [3.05, 3.63) is 29.5 Å². The topological polar surface area (TPSA) is 67.3 Å². The Labute approximate surface area is 125 Å². The predicted octanol–water partition coefficient (Wildman–Crippen LogP) is 3.30. The summed E-state index contributed by atoms with van der Waals surface area (Å²) in [7, 11) is 0. The van der Waals surface area contributed by atoms with Crippen molar-refractivity contribution < 1.29 is 9.84 Å². The molecule has 0 spiro atoms. The van der Waals surface area contributed by atoms with E-state index in [1.165, 1.54) is 0 Å². The number of hydrogen-bond donors (Lipinski definition) is 2. The van der Waals surface area contributed by atoms with E-state index in [2.05, 4.69) is 15.3 Å². The molecule has 0 saturated heterocycles. The Morgan fingerprint density at radius 1 is 1.19 bits per heavy atom. The molecule has 1 aromatic heterocycles. The molecule has 0 saturated carbocycles. The standard InChI is InChI=1S/C16H21N3O2/c1-5-17-15-10(3)11(4)18-16(19-15)12-7-8-13(20)14(9-12)21-6-2/h7-9,20H,5-6H2,1-4H3,(H,17,18,19). The zero-order chi connectivity index (χ0) is 15.4. The summed E-state index contributed by atoms with van der Waals surface area (Å²) in [4.78, 5) is 9.09. The number of aromatic hydroxyl groups is 1. The van der Waals surface area contributed by atoms with E-state index >= 15 is 0 Å². The summed E-state index contributed by atoms with van der Waals surface area (Å²) in [5, 5.41) is 13.0. The molecule has 0 radical (unpaired) electrons. The van der Waals surface area contributed by atoms with Gasteiger partial charge in [0.05, 0.1) is 6.61 Å². The minimum atomic E-state index is 0.122. The maximum absolute atomic E-state index is 9.77.